The first-order chi connectivity index (χ1) is 15.2. The Morgan fingerprint density at radius 2 is 1.00 bits per heavy atom. The molecule has 0 atom stereocenters. The lowest BCUT2D eigenvalue weighted by molar-refractivity contribution is 0.0990. The molecule has 3 aromatic carbocycles. The van der Waals surface area contributed by atoms with Crippen LogP contribution in [0.2, 0.25) is 10.0 Å². The van der Waals surface area contributed by atoms with Crippen molar-refractivity contribution in [2.45, 2.75) is 39.5 Å². The highest BCUT2D eigenvalue weighted by Crippen LogP contribution is 2.30. The summed E-state index contributed by atoms with van der Waals surface area (Å²) in [6.45, 7) is 8.20. The lowest BCUT2D eigenvalue weighted by Gasteiger charge is -2.17. The summed E-state index contributed by atoms with van der Waals surface area (Å²) in [6.07, 6.45) is 0. The van der Waals surface area contributed by atoms with Crippen LogP contribution >= 0.6 is 23.2 Å². The van der Waals surface area contributed by atoms with Crippen LogP contribution in [-0.4, -0.2) is 11.8 Å². The van der Waals surface area contributed by atoms with Crippen molar-refractivity contribution in [2.24, 2.45) is 0 Å². The molecular formula is C26H26Cl2N2O2. The van der Waals surface area contributed by atoms with Crippen LogP contribution in [0.15, 0.2) is 60.7 Å². The van der Waals surface area contributed by atoms with Gasteiger partial charge < -0.3 is 10.6 Å². The molecule has 0 aliphatic carbocycles. The molecule has 0 unspecified atom stereocenters. The minimum atomic E-state index is -0.432. The summed E-state index contributed by atoms with van der Waals surface area (Å²) in [4.78, 5) is 26.4. The Hall–Kier alpha value is -2.82. The Morgan fingerprint density at radius 3 is 1.34 bits per heavy atom. The zero-order valence-electron chi connectivity index (χ0n) is 18.5. The maximum Gasteiger partial charge on any atom is 0.256 e. The third-order valence-electron chi connectivity index (χ3n) is 5.21. The van der Waals surface area contributed by atoms with E-state index in [4.69, 9.17) is 23.2 Å². The molecule has 0 aliphatic rings. The molecule has 0 saturated carbocycles. The SMILES string of the molecule is CC(C)c1ccccc1NC(=O)c1cc(Cl)c(Cl)cc1C(=O)Nc1ccccc1C(C)C. The number of rotatable bonds is 6. The summed E-state index contributed by atoms with van der Waals surface area (Å²) in [7, 11) is 0. The van der Waals surface area contributed by atoms with Gasteiger partial charge in [-0.2, -0.15) is 0 Å². The molecule has 166 valence electrons. The van der Waals surface area contributed by atoms with E-state index in [1.807, 2.05) is 48.5 Å². The molecule has 0 aromatic heterocycles. The first-order valence-electron chi connectivity index (χ1n) is 10.5. The smallest absolute Gasteiger partial charge is 0.256 e. The van der Waals surface area contributed by atoms with E-state index < -0.39 is 11.8 Å². The van der Waals surface area contributed by atoms with Gasteiger partial charge in [0, 0.05) is 11.4 Å². The van der Waals surface area contributed by atoms with Gasteiger partial charge in [-0.05, 0) is 47.2 Å². The molecule has 0 heterocycles. The number of carbonyl (C=O) groups excluding carboxylic acids is 2. The molecule has 4 nitrogen and oxygen atoms in total. The molecule has 32 heavy (non-hydrogen) atoms. The van der Waals surface area contributed by atoms with Crippen molar-refractivity contribution >= 4 is 46.4 Å². The van der Waals surface area contributed by atoms with Crippen LogP contribution in [0.1, 0.15) is 71.4 Å². The molecular weight excluding hydrogens is 443 g/mol. The van der Waals surface area contributed by atoms with Crippen LogP contribution in [0.4, 0.5) is 11.4 Å². The predicted octanol–water partition coefficient (Wildman–Crippen LogP) is 7.74. The third kappa shape index (κ3) is 5.32. The van der Waals surface area contributed by atoms with E-state index >= 15 is 0 Å². The second-order valence-corrected chi connectivity index (χ2v) is 9.02. The number of benzene rings is 3. The fraction of sp³-hybridized carbons (Fsp3) is 0.231. The quantitative estimate of drug-likeness (QED) is 0.388. The van der Waals surface area contributed by atoms with Crippen LogP contribution in [0.3, 0.4) is 0 Å². The van der Waals surface area contributed by atoms with Gasteiger partial charge in [0.2, 0.25) is 0 Å². The number of halogens is 2. The summed E-state index contributed by atoms with van der Waals surface area (Å²) in [5, 5.41) is 6.25. The van der Waals surface area contributed by atoms with Gasteiger partial charge in [-0.3, -0.25) is 9.59 Å². The lowest BCUT2D eigenvalue weighted by Crippen LogP contribution is -2.21. The average molecular weight is 469 g/mol. The normalized spacial score (nSPS) is 11.0. The Kier molecular flexibility index (Phi) is 7.60. The molecule has 0 bridgehead atoms. The van der Waals surface area contributed by atoms with Gasteiger partial charge >= 0.3 is 0 Å². The Bertz CT molecular complexity index is 1070. The van der Waals surface area contributed by atoms with Crippen LogP contribution in [0.25, 0.3) is 0 Å². The lowest BCUT2D eigenvalue weighted by atomic mass is 9.99. The van der Waals surface area contributed by atoms with Crippen LogP contribution in [0, 0.1) is 0 Å². The van der Waals surface area contributed by atoms with Gasteiger partial charge in [0.1, 0.15) is 0 Å². The van der Waals surface area contributed by atoms with E-state index in [0.717, 1.165) is 11.1 Å². The first kappa shape index (κ1) is 23.8. The van der Waals surface area contributed by atoms with Gasteiger partial charge in [-0.25, -0.2) is 0 Å². The number of anilines is 2. The number of carbonyl (C=O) groups is 2. The fourth-order valence-electron chi connectivity index (χ4n) is 3.53. The second-order valence-electron chi connectivity index (χ2n) is 8.20. The summed E-state index contributed by atoms with van der Waals surface area (Å²) < 4.78 is 0. The van der Waals surface area contributed by atoms with E-state index in [1.54, 1.807) is 0 Å². The summed E-state index contributed by atoms with van der Waals surface area (Å²) in [6, 6.07) is 18.0. The number of hydrogen-bond acceptors (Lipinski definition) is 2. The number of para-hydroxylation sites is 2. The molecule has 3 rings (SSSR count). The monoisotopic (exact) mass is 468 g/mol. The largest absolute Gasteiger partial charge is 0.322 e. The van der Waals surface area contributed by atoms with Gasteiger partial charge in [-0.15, -0.1) is 0 Å². The molecule has 2 N–H and O–H groups in total. The second kappa shape index (κ2) is 10.2. The zero-order valence-corrected chi connectivity index (χ0v) is 20.0. The molecule has 0 radical (unpaired) electrons. The molecule has 0 spiro atoms. The van der Waals surface area contributed by atoms with E-state index in [0.29, 0.717) is 11.4 Å². The molecule has 2 amide bonds. The Labute approximate surface area is 198 Å². The van der Waals surface area contributed by atoms with E-state index in [9.17, 15) is 9.59 Å². The van der Waals surface area contributed by atoms with Crippen molar-refractivity contribution in [3.8, 4) is 0 Å². The highest BCUT2D eigenvalue weighted by atomic mass is 35.5. The highest BCUT2D eigenvalue weighted by Gasteiger charge is 2.22. The maximum atomic E-state index is 13.2. The molecule has 6 heteroatoms. The van der Waals surface area contributed by atoms with Crippen molar-refractivity contribution < 1.29 is 9.59 Å². The minimum absolute atomic E-state index is 0.150. The van der Waals surface area contributed by atoms with Gasteiger partial charge in [0.25, 0.3) is 11.8 Å². The van der Waals surface area contributed by atoms with Gasteiger partial charge in [0.05, 0.1) is 21.2 Å². The van der Waals surface area contributed by atoms with Crippen LogP contribution in [0.5, 0.6) is 0 Å². The highest BCUT2D eigenvalue weighted by molar-refractivity contribution is 6.42. The van der Waals surface area contributed by atoms with E-state index in [1.165, 1.54) is 12.1 Å². The molecule has 0 fully saturated rings. The summed E-state index contributed by atoms with van der Waals surface area (Å²) >= 11 is 12.4. The van der Waals surface area contributed by atoms with Crippen molar-refractivity contribution in [1.29, 1.82) is 0 Å². The topological polar surface area (TPSA) is 58.2 Å². The van der Waals surface area contributed by atoms with Crippen molar-refractivity contribution in [1.82, 2.24) is 0 Å². The standard InChI is InChI=1S/C26H26Cl2N2O2/c1-15(2)17-9-5-7-11-23(17)29-25(31)19-13-21(27)22(28)14-20(19)26(32)30-24-12-8-6-10-18(24)16(3)4/h5-16H,1-4H3,(H,29,31)(H,30,32). The number of amides is 2. The maximum absolute atomic E-state index is 13.2. The zero-order chi connectivity index (χ0) is 23.4. The fourth-order valence-corrected chi connectivity index (χ4v) is 3.86. The predicted molar refractivity (Wildman–Crippen MR) is 133 cm³/mol. The van der Waals surface area contributed by atoms with Crippen molar-refractivity contribution in [3.63, 3.8) is 0 Å². The minimum Gasteiger partial charge on any atom is -0.322 e. The Balaban J connectivity index is 1.98. The Morgan fingerprint density at radius 1 is 0.656 bits per heavy atom. The third-order valence-corrected chi connectivity index (χ3v) is 5.93. The van der Waals surface area contributed by atoms with Gasteiger partial charge in [0.15, 0.2) is 0 Å². The van der Waals surface area contributed by atoms with Crippen LogP contribution < -0.4 is 10.6 Å². The van der Waals surface area contributed by atoms with Crippen LogP contribution in [-0.2, 0) is 0 Å². The van der Waals surface area contributed by atoms with Crippen molar-refractivity contribution in [3.05, 3.63) is 93.0 Å². The molecule has 3 aromatic rings. The summed E-state index contributed by atoms with van der Waals surface area (Å²) in [5.74, 6) is -0.427. The van der Waals surface area contributed by atoms with E-state index in [-0.39, 0.29) is 33.0 Å². The first-order valence-corrected chi connectivity index (χ1v) is 11.2. The average Bonchev–Trinajstić information content (AvgIpc) is 2.75. The molecule has 0 saturated heterocycles. The van der Waals surface area contributed by atoms with Gasteiger partial charge in [-0.1, -0.05) is 87.3 Å². The number of hydrogen-bond donors (Lipinski definition) is 2. The number of nitrogens with one attached hydrogen (secondary N) is 2. The van der Waals surface area contributed by atoms with E-state index in [2.05, 4.69) is 38.3 Å². The molecule has 0 aliphatic heterocycles. The summed E-state index contributed by atoms with van der Waals surface area (Å²) in [5.41, 5.74) is 3.68. The van der Waals surface area contributed by atoms with Crippen molar-refractivity contribution in [2.75, 3.05) is 10.6 Å².